The predicted octanol–water partition coefficient (Wildman–Crippen LogP) is 23.1. The molecular weight excluding hydrogens is 1030 g/mol. The molecule has 9 aromatic carbocycles. The van der Waals surface area contributed by atoms with E-state index >= 15 is 4.57 Å². The second kappa shape index (κ2) is 22.6. The maximum Gasteiger partial charge on any atom is 0.647 e. The standard InChI is InChI=1S/C78H87O4P/c1-73(2,3)58-34-19-28-52(46-58)64-40-25-43-67(70(64)55-31-22-37-61(49-55)76(10,11)12)80-83(79,81-68-44-26-41-65(53-29-20-35-59(47-53)74(4,5)6)71(68)56-32-23-38-62(50-56)77(13,14)15)82-69-45-27-42-66(54-30-21-36-60(48-54)75(7,8)9)72(69)57-33-24-39-63(51-57)78(16,17)18/h19-51H,1-18H3. The molecule has 0 saturated carbocycles. The number of hydrogen-bond donors (Lipinski definition) is 0. The summed E-state index contributed by atoms with van der Waals surface area (Å²) in [6.45, 7) is 40.1. The first-order chi connectivity index (χ1) is 38.8. The molecule has 0 amide bonds. The van der Waals surface area contributed by atoms with Gasteiger partial charge in [-0.3, -0.25) is 0 Å². The van der Waals surface area contributed by atoms with Crippen LogP contribution in [0.2, 0.25) is 0 Å². The number of hydrogen-bond acceptors (Lipinski definition) is 4. The molecule has 0 radical (unpaired) electrons. The molecule has 0 heterocycles. The van der Waals surface area contributed by atoms with Crippen molar-refractivity contribution >= 4 is 7.82 Å². The van der Waals surface area contributed by atoms with Crippen molar-refractivity contribution in [2.75, 3.05) is 0 Å². The molecule has 0 unspecified atom stereocenters. The highest BCUT2D eigenvalue weighted by molar-refractivity contribution is 7.49. The van der Waals surface area contributed by atoms with E-state index in [9.17, 15) is 0 Å². The Morgan fingerprint density at radius 2 is 0.422 bits per heavy atom. The van der Waals surface area contributed by atoms with Crippen LogP contribution in [0.4, 0.5) is 0 Å². The fourth-order valence-electron chi connectivity index (χ4n) is 10.7. The average molecular weight is 1120 g/mol. The quantitative estimate of drug-likeness (QED) is 0.114. The molecule has 5 heteroatoms. The zero-order valence-corrected chi connectivity index (χ0v) is 53.5. The van der Waals surface area contributed by atoms with Crippen molar-refractivity contribution in [3.05, 3.63) is 234 Å². The van der Waals surface area contributed by atoms with Crippen LogP contribution >= 0.6 is 7.82 Å². The van der Waals surface area contributed by atoms with E-state index in [1.165, 1.54) is 16.7 Å². The highest BCUT2D eigenvalue weighted by Gasteiger charge is 2.38. The molecule has 0 bridgehead atoms. The van der Waals surface area contributed by atoms with Gasteiger partial charge in [-0.2, -0.15) is 4.57 Å². The van der Waals surface area contributed by atoms with Crippen molar-refractivity contribution in [2.24, 2.45) is 0 Å². The third-order valence-corrected chi connectivity index (χ3v) is 17.1. The molecule has 0 N–H and O–H groups in total. The Balaban J connectivity index is 1.36. The summed E-state index contributed by atoms with van der Waals surface area (Å²) in [4.78, 5) is 0. The lowest BCUT2D eigenvalue weighted by molar-refractivity contribution is 0.299. The van der Waals surface area contributed by atoms with Gasteiger partial charge in [0.15, 0.2) is 0 Å². The SMILES string of the molecule is CC(C)(C)c1cccc(-c2cccc(OP(=O)(Oc3cccc(-c4cccc(C(C)(C)C)c4)c3-c3cccc(C(C)(C)C)c3)Oc3cccc(-c4cccc(C(C)(C)C)c4)c3-c3cccc(C(C)(C)C)c3)c2-c2cccc(C(C)(C)C)c2)c1. The summed E-state index contributed by atoms with van der Waals surface area (Å²) in [6.07, 6.45) is 0. The highest BCUT2D eigenvalue weighted by Crippen LogP contribution is 2.58. The smallest absolute Gasteiger partial charge is 0.385 e. The van der Waals surface area contributed by atoms with Crippen molar-refractivity contribution in [1.29, 1.82) is 0 Å². The molecule has 0 aliphatic rings. The molecular formula is C78H87O4P. The first kappa shape index (κ1) is 60.2. The van der Waals surface area contributed by atoms with Gasteiger partial charge in [-0.25, -0.2) is 0 Å². The highest BCUT2D eigenvalue weighted by atomic mass is 31.2. The summed E-state index contributed by atoms with van der Waals surface area (Å²) in [7, 11) is -4.90. The molecule has 9 aromatic rings. The van der Waals surface area contributed by atoms with Gasteiger partial charge < -0.3 is 13.6 Å². The zero-order valence-electron chi connectivity index (χ0n) is 52.6. The molecule has 83 heavy (non-hydrogen) atoms. The van der Waals surface area contributed by atoms with E-state index in [2.05, 4.69) is 288 Å². The second-order valence-electron chi connectivity index (χ2n) is 28.7. The van der Waals surface area contributed by atoms with E-state index in [4.69, 9.17) is 13.6 Å². The molecule has 9 rings (SSSR count). The van der Waals surface area contributed by atoms with Gasteiger partial charge >= 0.3 is 7.82 Å². The van der Waals surface area contributed by atoms with E-state index in [-0.39, 0.29) is 32.5 Å². The van der Waals surface area contributed by atoms with Gasteiger partial charge in [-0.15, -0.1) is 0 Å². The number of benzene rings is 9. The van der Waals surface area contributed by atoms with Gasteiger partial charge in [0, 0.05) is 16.7 Å². The number of rotatable bonds is 12. The second-order valence-corrected chi connectivity index (χ2v) is 30.2. The topological polar surface area (TPSA) is 44.8 Å². The van der Waals surface area contributed by atoms with Crippen LogP contribution in [-0.2, 0) is 37.1 Å². The fourth-order valence-corrected chi connectivity index (χ4v) is 12.0. The van der Waals surface area contributed by atoms with Crippen molar-refractivity contribution in [3.63, 3.8) is 0 Å². The molecule has 0 fully saturated rings. The minimum atomic E-state index is -4.90. The van der Waals surface area contributed by atoms with Crippen LogP contribution in [0.1, 0.15) is 158 Å². The molecule has 0 saturated heterocycles. The molecule has 0 aliphatic carbocycles. The van der Waals surface area contributed by atoms with Crippen LogP contribution in [0.25, 0.3) is 66.8 Å². The van der Waals surface area contributed by atoms with E-state index in [1.54, 1.807) is 0 Å². The molecule has 428 valence electrons. The van der Waals surface area contributed by atoms with Crippen LogP contribution in [-0.4, -0.2) is 0 Å². The largest absolute Gasteiger partial charge is 0.647 e. The van der Waals surface area contributed by atoms with Crippen LogP contribution < -0.4 is 13.6 Å². The first-order valence-corrected chi connectivity index (χ1v) is 31.0. The Bertz CT molecular complexity index is 3470. The van der Waals surface area contributed by atoms with E-state index in [0.29, 0.717) is 17.2 Å². The van der Waals surface area contributed by atoms with Gasteiger partial charge in [0.25, 0.3) is 0 Å². The lowest BCUT2D eigenvalue weighted by Gasteiger charge is -2.27. The third kappa shape index (κ3) is 13.7. The van der Waals surface area contributed by atoms with Gasteiger partial charge in [0.2, 0.25) is 0 Å². The molecule has 0 aliphatic heterocycles. The lowest BCUT2D eigenvalue weighted by atomic mass is 9.83. The lowest BCUT2D eigenvalue weighted by Crippen LogP contribution is -2.13. The van der Waals surface area contributed by atoms with Crippen LogP contribution in [0.15, 0.2) is 200 Å². The first-order valence-electron chi connectivity index (χ1n) is 29.5. The monoisotopic (exact) mass is 1120 g/mol. The summed E-state index contributed by atoms with van der Waals surface area (Å²) in [5.41, 5.74) is 17.0. The van der Waals surface area contributed by atoms with Gasteiger partial charge in [0.1, 0.15) is 17.2 Å². The van der Waals surface area contributed by atoms with Crippen molar-refractivity contribution in [2.45, 2.75) is 157 Å². The molecule has 0 atom stereocenters. The summed E-state index contributed by atoms with van der Waals surface area (Å²) in [5.74, 6) is 1.07. The van der Waals surface area contributed by atoms with Crippen molar-refractivity contribution < 1.29 is 18.1 Å². The minimum Gasteiger partial charge on any atom is -0.385 e. The number of phosphoric acid groups is 1. The van der Waals surface area contributed by atoms with E-state index in [1.807, 2.05) is 36.4 Å². The number of phosphoric ester groups is 1. The van der Waals surface area contributed by atoms with E-state index < -0.39 is 7.82 Å². The van der Waals surface area contributed by atoms with Gasteiger partial charge in [-0.05, 0) is 134 Å². The Hall–Kier alpha value is -7.39. The zero-order chi connectivity index (χ0) is 60.1. The predicted molar refractivity (Wildman–Crippen MR) is 354 cm³/mol. The minimum absolute atomic E-state index is 0.118. The Morgan fingerprint density at radius 1 is 0.241 bits per heavy atom. The van der Waals surface area contributed by atoms with Gasteiger partial charge in [-0.1, -0.05) is 307 Å². The van der Waals surface area contributed by atoms with Crippen LogP contribution in [0, 0.1) is 0 Å². The summed E-state index contributed by atoms with van der Waals surface area (Å²) < 4.78 is 39.4. The van der Waals surface area contributed by atoms with Crippen LogP contribution in [0.3, 0.4) is 0 Å². The molecule has 0 aromatic heterocycles. The fraction of sp³-hybridized carbons (Fsp3) is 0.308. The maximum atomic E-state index is 17.4. The van der Waals surface area contributed by atoms with Gasteiger partial charge in [0.05, 0.1) is 0 Å². The van der Waals surface area contributed by atoms with Crippen LogP contribution in [0.5, 0.6) is 17.2 Å². The Morgan fingerprint density at radius 3 is 0.627 bits per heavy atom. The summed E-state index contributed by atoms with van der Waals surface area (Å²) in [5, 5.41) is 0. The normalized spacial score (nSPS) is 12.7. The van der Waals surface area contributed by atoms with E-state index in [0.717, 1.165) is 83.5 Å². The Kier molecular flexibility index (Phi) is 16.4. The van der Waals surface area contributed by atoms with Crippen molar-refractivity contribution in [1.82, 2.24) is 0 Å². The average Bonchev–Trinajstić information content (AvgIpc) is 2.17. The summed E-state index contributed by atoms with van der Waals surface area (Å²) >= 11 is 0. The Labute approximate surface area is 498 Å². The van der Waals surface area contributed by atoms with Crippen molar-refractivity contribution in [3.8, 4) is 84.0 Å². The summed E-state index contributed by atoms with van der Waals surface area (Å²) in [6, 6.07) is 70.1. The third-order valence-electron chi connectivity index (χ3n) is 15.9. The molecule has 4 nitrogen and oxygen atoms in total. The maximum absolute atomic E-state index is 17.4. The molecule has 0 spiro atoms.